The molecule has 0 atom stereocenters. The lowest BCUT2D eigenvalue weighted by Crippen LogP contribution is -2.30. The molecule has 1 nitrogen and oxygen atoms in total. The Morgan fingerprint density at radius 2 is 1.92 bits per heavy atom. The molecule has 80 valence electrons. The van der Waals surface area contributed by atoms with Crippen molar-refractivity contribution >= 4 is 37.4 Å². The summed E-state index contributed by atoms with van der Waals surface area (Å²) in [6.45, 7) is 5.97. The molecule has 0 amide bonds. The van der Waals surface area contributed by atoms with Crippen LogP contribution >= 0.6 is 28.4 Å². The molecule has 0 aliphatic heterocycles. The third kappa shape index (κ3) is 9.30. The molecule has 4 heteroatoms. The molecule has 13 heavy (non-hydrogen) atoms. The minimum atomic E-state index is -0.545. The fraction of sp³-hybridized carbons (Fsp3) is 0.778. The average molecular weight is 331 g/mol. The Hall–Kier alpha value is 0.997. The summed E-state index contributed by atoms with van der Waals surface area (Å²) >= 11 is 2.54. The van der Waals surface area contributed by atoms with E-state index in [0.717, 1.165) is 0 Å². The van der Waals surface area contributed by atoms with Crippen LogP contribution in [-0.4, -0.2) is 39.6 Å². The van der Waals surface area contributed by atoms with Crippen LogP contribution in [0.2, 0.25) is 13.1 Å². The van der Waals surface area contributed by atoms with Gasteiger partial charge in [0.05, 0.1) is 0 Å². The minimum absolute atomic E-state index is 0.460. The number of halogens is 1. The fourth-order valence-corrected chi connectivity index (χ4v) is 2.72. The molecular formula is C9H22INSSi. The van der Waals surface area contributed by atoms with Gasteiger partial charge in [-0.2, -0.15) is 7.20 Å². The molecule has 0 N–H and O–H groups in total. The first-order valence-electron chi connectivity index (χ1n) is 4.62. The summed E-state index contributed by atoms with van der Waals surface area (Å²) in [6, 6.07) is 0. The Morgan fingerprint density at radius 1 is 1.38 bits per heavy atom. The van der Waals surface area contributed by atoms with E-state index in [1.807, 2.05) is 0 Å². The molecule has 0 aliphatic carbocycles. The van der Waals surface area contributed by atoms with Gasteiger partial charge in [-0.05, 0) is 59.1 Å². The smallest absolute Gasteiger partial charge is 0.105 e. The molecule has 0 unspecified atom stereocenters. The summed E-state index contributed by atoms with van der Waals surface area (Å²) in [5.41, 5.74) is 0. The van der Waals surface area contributed by atoms with Gasteiger partial charge in [0.25, 0.3) is 0 Å². The molecule has 0 spiro atoms. The van der Waals surface area contributed by atoms with Crippen LogP contribution in [0, 0.1) is 0 Å². The monoisotopic (exact) mass is 331 g/mol. The van der Waals surface area contributed by atoms with Crippen molar-refractivity contribution in [1.29, 1.82) is 0 Å². The first-order valence-corrected chi connectivity index (χ1v) is 12.5. The molecule has 0 aromatic heterocycles. The molecule has 0 saturated carbocycles. The lowest BCUT2D eigenvalue weighted by Gasteiger charge is -2.20. The second-order valence-electron chi connectivity index (χ2n) is 4.01. The van der Waals surface area contributed by atoms with E-state index in [2.05, 4.69) is 69.9 Å². The van der Waals surface area contributed by atoms with Crippen molar-refractivity contribution in [2.24, 2.45) is 0 Å². The van der Waals surface area contributed by atoms with Gasteiger partial charge in [0.2, 0.25) is 0 Å². The van der Waals surface area contributed by atoms with Gasteiger partial charge >= 0.3 is 0 Å². The summed E-state index contributed by atoms with van der Waals surface area (Å²) in [7, 11) is 1.24. The molecule has 0 heterocycles. The highest BCUT2D eigenvalue weighted by atomic mass is 127. The summed E-state index contributed by atoms with van der Waals surface area (Å²) in [5.74, 6) is 0. The van der Waals surface area contributed by atoms with E-state index in [1.165, 1.54) is 13.0 Å². The second-order valence-corrected chi connectivity index (χ2v) is 16.7. The maximum Gasteiger partial charge on any atom is 0.105 e. The molecule has 0 aromatic carbocycles. The molecule has 0 bridgehead atoms. The zero-order valence-corrected chi connectivity index (χ0v) is 13.5. The maximum atomic E-state index is 2.54. The van der Waals surface area contributed by atoms with Gasteiger partial charge in [0.15, 0.2) is 0 Å². The van der Waals surface area contributed by atoms with Crippen LogP contribution in [0.15, 0.2) is 11.5 Å². The van der Waals surface area contributed by atoms with Gasteiger partial charge in [0, 0.05) is 0 Å². The van der Waals surface area contributed by atoms with Gasteiger partial charge in [-0.25, -0.2) is 0 Å². The molecule has 0 saturated heterocycles. The Kier molecular flexibility index (Phi) is 6.97. The SMILES string of the molecule is CN(CC/C=C/S(C)(C)I)[SiH](C)C. The predicted molar refractivity (Wildman–Crippen MR) is 78.7 cm³/mol. The number of rotatable bonds is 5. The first kappa shape index (κ1) is 14.0. The van der Waals surface area contributed by atoms with Gasteiger partial charge < -0.3 is 4.57 Å². The van der Waals surface area contributed by atoms with Crippen molar-refractivity contribution in [2.45, 2.75) is 19.5 Å². The normalized spacial score (nSPS) is 14.8. The zero-order chi connectivity index (χ0) is 10.5. The van der Waals surface area contributed by atoms with Crippen LogP contribution < -0.4 is 0 Å². The molecule has 0 aromatic rings. The van der Waals surface area contributed by atoms with E-state index in [0.29, 0.717) is 0 Å². The molecule has 0 rings (SSSR count). The third-order valence-electron chi connectivity index (χ3n) is 1.95. The second kappa shape index (κ2) is 6.47. The van der Waals surface area contributed by atoms with Crippen LogP contribution in [0.4, 0.5) is 0 Å². The maximum absolute atomic E-state index is 2.54. The Morgan fingerprint density at radius 3 is 2.31 bits per heavy atom. The number of hydrogen-bond donors (Lipinski definition) is 0. The van der Waals surface area contributed by atoms with Crippen molar-refractivity contribution < 1.29 is 0 Å². The summed E-state index contributed by atoms with van der Waals surface area (Å²) in [6.07, 6.45) is 8.17. The Labute approximate surface area is 98.6 Å². The van der Waals surface area contributed by atoms with Gasteiger partial charge in [-0.15, -0.1) is 0 Å². The fourth-order valence-electron chi connectivity index (χ4n) is 0.833. The summed E-state index contributed by atoms with van der Waals surface area (Å²) in [4.78, 5) is 0. The first-order chi connectivity index (χ1) is 5.83. The highest BCUT2D eigenvalue weighted by molar-refractivity contribution is 14.2. The van der Waals surface area contributed by atoms with Crippen LogP contribution in [0.1, 0.15) is 6.42 Å². The van der Waals surface area contributed by atoms with E-state index in [9.17, 15) is 0 Å². The van der Waals surface area contributed by atoms with Crippen LogP contribution in [-0.2, 0) is 0 Å². The largest absolute Gasteiger partial charge is 0.329 e. The zero-order valence-electron chi connectivity index (χ0n) is 9.38. The van der Waals surface area contributed by atoms with E-state index in [1.54, 1.807) is 0 Å². The number of nitrogens with zero attached hydrogens (tertiary/aromatic N) is 1. The number of hydrogen-bond acceptors (Lipinski definition) is 1. The van der Waals surface area contributed by atoms with Crippen LogP contribution in [0.5, 0.6) is 0 Å². The third-order valence-corrected chi connectivity index (χ3v) is 5.69. The Bertz CT molecular complexity index is 165. The standard InChI is InChI=1S/C9H22INSSi/c1-11(13(4)5)8-6-7-9-12(2,3)10/h7,9,13H,6,8H2,1-5H3/b9-7+. The predicted octanol–water partition coefficient (Wildman–Crippen LogP) is 3.22. The van der Waals surface area contributed by atoms with Crippen molar-refractivity contribution in [3.63, 3.8) is 0 Å². The van der Waals surface area contributed by atoms with Crippen molar-refractivity contribution in [3.05, 3.63) is 11.5 Å². The van der Waals surface area contributed by atoms with Gasteiger partial charge in [0.1, 0.15) is 8.96 Å². The summed E-state index contributed by atoms with van der Waals surface area (Å²) in [5, 5.41) is 2.38. The molecule has 0 radical (unpaired) electrons. The van der Waals surface area contributed by atoms with E-state index in [4.69, 9.17) is 0 Å². The topological polar surface area (TPSA) is 3.24 Å². The van der Waals surface area contributed by atoms with Gasteiger partial charge in [-0.3, -0.25) is 0 Å². The van der Waals surface area contributed by atoms with E-state index in [-0.39, 0.29) is 0 Å². The molecule has 0 fully saturated rings. The lowest BCUT2D eigenvalue weighted by molar-refractivity contribution is 0.533. The van der Waals surface area contributed by atoms with Gasteiger partial charge in [-0.1, -0.05) is 19.2 Å². The minimum Gasteiger partial charge on any atom is -0.329 e. The van der Waals surface area contributed by atoms with Crippen molar-refractivity contribution in [1.82, 2.24) is 4.57 Å². The highest BCUT2D eigenvalue weighted by Gasteiger charge is 2.02. The molecular weight excluding hydrogens is 309 g/mol. The van der Waals surface area contributed by atoms with Crippen LogP contribution in [0.3, 0.4) is 0 Å². The van der Waals surface area contributed by atoms with Crippen molar-refractivity contribution in [2.75, 3.05) is 26.1 Å². The van der Waals surface area contributed by atoms with Crippen LogP contribution in [0.25, 0.3) is 0 Å². The summed E-state index contributed by atoms with van der Waals surface area (Å²) < 4.78 is 2.51. The van der Waals surface area contributed by atoms with Crippen molar-refractivity contribution in [3.8, 4) is 0 Å². The average Bonchev–Trinajstić information content (AvgIpc) is 1.95. The van der Waals surface area contributed by atoms with E-state index >= 15 is 0 Å². The highest BCUT2D eigenvalue weighted by Crippen LogP contribution is 2.50. The van der Waals surface area contributed by atoms with E-state index < -0.39 is 16.2 Å². The lowest BCUT2D eigenvalue weighted by atomic mass is 10.4. The Balaban J connectivity index is 3.62. The molecule has 0 aliphatic rings. The quantitative estimate of drug-likeness (QED) is 0.552.